The smallest absolute Gasteiger partial charge is 0.329 e. The van der Waals surface area contributed by atoms with E-state index >= 15 is 0 Å². The predicted octanol–water partition coefficient (Wildman–Crippen LogP) is 3.03. The quantitative estimate of drug-likeness (QED) is 0.486. The van der Waals surface area contributed by atoms with E-state index in [1.165, 1.54) is 0 Å². The van der Waals surface area contributed by atoms with Crippen molar-refractivity contribution >= 4 is 39.6 Å². The van der Waals surface area contributed by atoms with E-state index in [-0.39, 0.29) is 18.0 Å². The molecule has 4 aromatic rings. The second-order valence-electron chi connectivity index (χ2n) is 8.15. The fraction of sp³-hybridized carbons (Fsp3) is 0.333. The van der Waals surface area contributed by atoms with Gasteiger partial charge in [0.05, 0.1) is 22.1 Å². The van der Waals surface area contributed by atoms with E-state index in [0.717, 1.165) is 28.5 Å². The molecule has 3 heterocycles. The summed E-state index contributed by atoms with van der Waals surface area (Å²) in [5, 5.41) is 0. The van der Waals surface area contributed by atoms with Gasteiger partial charge in [-0.15, -0.1) is 0 Å². The molecule has 1 amide bonds. The third kappa shape index (κ3) is 3.32. The maximum atomic E-state index is 13.3. The molecule has 0 radical (unpaired) electrons. The number of fused-ring (bicyclic) bond motifs is 3. The highest BCUT2D eigenvalue weighted by molar-refractivity contribution is 5.97. The maximum absolute atomic E-state index is 13.3. The Kier molecular flexibility index (Phi) is 5.13. The molecular weight excluding hydrogens is 404 g/mol. The van der Waals surface area contributed by atoms with Crippen LogP contribution in [0.5, 0.6) is 0 Å². The minimum absolute atomic E-state index is 0.0526. The number of carbonyl (C=O) groups excluding carboxylic acids is 1. The number of carbonyl (C=O) groups is 1. The van der Waals surface area contributed by atoms with E-state index in [4.69, 9.17) is 9.97 Å². The number of benzene rings is 2. The molecule has 0 bridgehead atoms. The van der Waals surface area contributed by atoms with Gasteiger partial charge in [0.25, 0.3) is 0 Å². The van der Waals surface area contributed by atoms with Crippen LogP contribution < -0.4 is 15.5 Å². The Hall–Kier alpha value is -3.68. The molecule has 164 valence electrons. The average Bonchev–Trinajstić information content (AvgIpc) is 3.08. The molecule has 0 N–H and O–H groups in total. The Morgan fingerprint density at radius 2 is 1.47 bits per heavy atom. The lowest BCUT2D eigenvalue weighted by Gasteiger charge is -2.33. The number of nitrogens with zero attached hydrogens (tertiary/aromatic N) is 6. The highest BCUT2D eigenvalue weighted by Gasteiger charge is 2.28. The van der Waals surface area contributed by atoms with Crippen LogP contribution in [0.4, 0.5) is 11.6 Å². The summed E-state index contributed by atoms with van der Waals surface area (Å²) in [7, 11) is 1.96. The van der Waals surface area contributed by atoms with Crippen molar-refractivity contribution in [3.8, 4) is 0 Å². The molecular formula is C24H26N6O2. The van der Waals surface area contributed by atoms with Crippen molar-refractivity contribution in [2.45, 2.75) is 32.9 Å². The zero-order chi connectivity index (χ0) is 22.2. The van der Waals surface area contributed by atoms with Crippen molar-refractivity contribution in [1.82, 2.24) is 19.1 Å². The van der Waals surface area contributed by atoms with Gasteiger partial charge >= 0.3 is 5.69 Å². The first-order chi connectivity index (χ1) is 15.6. The van der Waals surface area contributed by atoms with Crippen LogP contribution in [-0.2, 0) is 17.9 Å². The molecule has 0 unspecified atom stereocenters. The van der Waals surface area contributed by atoms with Gasteiger partial charge < -0.3 is 4.90 Å². The zero-order valence-corrected chi connectivity index (χ0v) is 18.4. The maximum Gasteiger partial charge on any atom is 0.329 e. The Morgan fingerprint density at radius 3 is 2.12 bits per heavy atom. The van der Waals surface area contributed by atoms with E-state index in [1.54, 1.807) is 14.0 Å². The SMILES string of the molecule is CCCn1c(=O)n(CCC(=O)N2CCN(C)c3nc4ccccc4nc32)c2ccccc21. The zero-order valence-electron chi connectivity index (χ0n) is 18.4. The molecule has 0 aliphatic carbocycles. The van der Waals surface area contributed by atoms with Crippen LogP contribution in [0, 0.1) is 0 Å². The van der Waals surface area contributed by atoms with Crippen LogP contribution in [0.25, 0.3) is 22.1 Å². The van der Waals surface area contributed by atoms with E-state index in [9.17, 15) is 9.59 Å². The van der Waals surface area contributed by atoms with Crippen LogP contribution in [-0.4, -0.2) is 45.1 Å². The van der Waals surface area contributed by atoms with Crippen molar-refractivity contribution in [3.05, 3.63) is 59.0 Å². The fourth-order valence-electron chi connectivity index (χ4n) is 4.39. The molecule has 0 saturated carbocycles. The summed E-state index contributed by atoms with van der Waals surface area (Å²) in [5.41, 5.74) is 3.28. The Morgan fingerprint density at radius 1 is 0.875 bits per heavy atom. The number of hydrogen-bond acceptors (Lipinski definition) is 5. The van der Waals surface area contributed by atoms with Gasteiger partial charge in [-0.2, -0.15) is 0 Å². The number of amides is 1. The molecule has 32 heavy (non-hydrogen) atoms. The molecule has 0 saturated heterocycles. The van der Waals surface area contributed by atoms with Crippen LogP contribution in [0.2, 0.25) is 0 Å². The fourth-order valence-corrected chi connectivity index (χ4v) is 4.39. The lowest BCUT2D eigenvalue weighted by atomic mass is 10.2. The standard InChI is InChI=1S/C24H26N6O2/c1-3-13-28-19-10-6-7-11-20(19)29(24(28)32)14-12-21(31)30-16-15-27(2)22-23(30)26-18-9-5-4-8-17(18)25-22/h4-11H,3,12-16H2,1-2H3. The summed E-state index contributed by atoms with van der Waals surface area (Å²) in [5.74, 6) is 1.24. The number of rotatable bonds is 5. The molecule has 0 fully saturated rings. The van der Waals surface area contributed by atoms with Gasteiger partial charge in [-0.25, -0.2) is 14.8 Å². The third-order valence-electron chi connectivity index (χ3n) is 6.03. The number of likely N-dealkylation sites (N-methyl/N-ethyl adjacent to an activating group) is 1. The van der Waals surface area contributed by atoms with Crippen molar-refractivity contribution in [3.63, 3.8) is 0 Å². The van der Waals surface area contributed by atoms with Gasteiger partial charge in [0.1, 0.15) is 0 Å². The molecule has 2 aromatic heterocycles. The number of aromatic nitrogens is 4. The van der Waals surface area contributed by atoms with Crippen LogP contribution in [0.1, 0.15) is 19.8 Å². The molecule has 1 aliphatic rings. The molecule has 2 aromatic carbocycles. The van der Waals surface area contributed by atoms with E-state index in [0.29, 0.717) is 37.8 Å². The van der Waals surface area contributed by atoms with Crippen LogP contribution >= 0.6 is 0 Å². The molecule has 5 rings (SSSR count). The van der Waals surface area contributed by atoms with Crippen LogP contribution in [0.15, 0.2) is 53.3 Å². The van der Waals surface area contributed by atoms with E-state index < -0.39 is 0 Å². The van der Waals surface area contributed by atoms with Crippen molar-refractivity contribution in [2.75, 3.05) is 29.9 Å². The van der Waals surface area contributed by atoms with Crippen molar-refractivity contribution in [1.29, 1.82) is 0 Å². The molecule has 1 aliphatic heterocycles. The average molecular weight is 431 g/mol. The monoisotopic (exact) mass is 430 g/mol. The first-order valence-electron chi connectivity index (χ1n) is 11.0. The number of imidazole rings is 1. The number of aryl methyl sites for hydroxylation is 2. The summed E-state index contributed by atoms with van der Waals surface area (Å²) >= 11 is 0. The van der Waals surface area contributed by atoms with Crippen LogP contribution in [0.3, 0.4) is 0 Å². The van der Waals surface area contributed by atoms with Gasteiger partial charge in [0.15, 0.2) is 11.6 Å². The Balaban J connectivity index is 1.45. The Bertz CT molecular complexity index is 1370. The molecule has 8 nitrogen and oxygen atoms in total. The lowest BCUT2D eigenvalue weighted by molar-refractivity contribution is -0.118. The van der Waals surface area contributed by atoms with Crippen molar-refractivity contribution in [2.24, 2.45) is 0 Å². The van der Waals surface area contributed by atoms with E-state index in [1.807, 2.05) is 60.5 Å². The number of para-hydroxylation sites is 4. The minimum Gasteiger partial charge on any atom is -0.355 e. The summed E-state index contributed by atoms with van der Waals surface area (Å²) in [6.45, 7) is 4.27. The Labute approximate surface area is 185 Å². The van der Waals surface area contributed by atoms with Gasteiger partial charge in [-0.3, -0.25) is 18.8 Å². The second-order valence-corrected chi connectivity index (χ2v) is 8.15. The van der Waals surface area contributed by atoms with E-state index in [2.05, 4.69) is 6.92 Å². The molecule has 8 heteroatoms. The summed E-state index contributed by atoms with van der Waals surface area (Å²) in [6.07, 6.45) is 1.09. The number of hydrogen-bond donors (Lipinski definition) is 0. The van der Waals surface area contributed by atoms with Gasteiger partial charge in [0.2, 0.25) is 5.91 Å². The molecule has 0 spiro atoms. The lowest BCUT2D eigenvalue weighted by Crippen LogP contribution is -2.44. The second kappa shape index (κ2) is 8.11. The number of anilines is 2. The van der Waals surface area contributed by atoms with Gasteiger partial charge in [-0.05, 0) is 30.7 Å². The van der Waals surface area contributed by atoms with Gasteiger partial charge in [0, 0.05) is 39.6 Å². The summed E-state index contributed by atoms with van der Waals surface area (Å²) in [4.78, 5) is 39.5. The third-order valence-corrected chi connectivity index (χ3v) is 6.03. The first-order valence-corrected chi connectivity index (χ1v) is 11.0. The topological polar surface area (TPSA) is 76.3 Å². The highest BCUT2D eigenvalue weighted by atomic mass is 16.2. The van der Waals surface area contributed by atoms with Gasteiger partial charge in [-0.1, -0.05) is 31.2 Å². The molecule has 0 atom stereocenters. The van der Waals surface area contributed by atoms with Crippen molar-refractivity contribution < 1.29 is 4.79 Å². The summed E-state index contributed by atoms with van der Waals surface area (Å²) in [6, 6.07) is 15.4. The highest BCUT2D eigenvalue weighted by Crippen LogP contribution is 2.31. The summed E-state index contributed by atoms with van der Waals surface area (Å²) < 4.78 is 3.51. The minimum atomic E-state index is -0.0644. The first kappa shape index (κ1) is 20.2. The predicted molar refractivity (Wildman–Crippen MR) is 126 cm³/mol. The normalized spacial score (nSPS) is 13.7. The largest absolute Gasteiger partial charge is 0.355 e.